The van der Waals surface area contributed by atoms with E-state index in [9.17, 15) is 13.2 Å². The maximum atomic E-state index is 12.9. The van der Waals surface area contributed by atoms with Crippen LogP contribution in [0.5, 0.6) is 5.75 Å². The standard InChI is InChI=1S/C20H26N2O4S/c1-5-18(15-9-7-14(3)8-10-15)22-27(24,25)16-11-12-19(26-4)17(13-16)20(23)21-6-2/h7-13,18,22H,5-6H2,1-4H3,(H,21,23)/t18-/m0/s1. The highest BCUT2D eigenvalue weighted by molar-refractivity contribution is 7.89. The molecule has 0 aliphatic rings. The average Bonchev–Trinajstić information content (AvgIpc) is 2.66. The number of methoxy groups -OCH3 is 1. The van der Waals surface area contributed by atoms with Crippen molar-refractivity contribution >= 4 is 15.9 Å². The minimum absolute atomic E-state index is 0.0233. The van der Waals surface area contributed by atoms with E-state index in [0.29, 0.717) is 18.7 Å². The van der Waals surface area contributed by atoms with Crippen molar-refractivity contribution in [1.29, 1.82) is 0 Å². The highest BCUT2D eigenvalue weighted by Gasteiger charge is 2.23. The number of amides is 1. The third-order valence-corrected chi connectivity index (χ3v) is 5.72. The van der Waals surface area contributed by atoms with Crippen LogP contribution in [0.4, 0.5) is 0 Å². The van der Waals surface area contributed by atoms with E-state index in [1.165, 1.54) is 25.3 Å². The summed E-state index contributed by atoms with van der Waals surface area (Å²) in [5, 5.41) is 2.66. The van der Waals surface area contributed by atoms with Crippen LogP contribution in [0.25, 0.3) is 0 Å². The fourth-order valence-corrected chi connectivity index (χ4v) is 4.06. The van der Waals surface area contributed by atoms with E-state index in [4.69, 9.17) is 4.74 Å². The fourth-order valence-electron chi connectivity index (χ4n) is 2.73. The maximum absolute atomic E-state index is 12.9. The van der Waals surface area contributed by atoms with Gasteiger partial charge in [-0.05, 0) is 44.0 Å². The molecule has 0 saturated carbocycles. The Balaban J connectivity index is 2.35. The first-order valence-corrected chi connectivity index (χ1v) is 10.4. The molecule has 0 aromatic heterocycles. The number of nitrogens with one attached hydrogen (secondary N) is 2. The number of hydrogen-bond donors (Lipinski definition) is 2. The molecule has 0 heterocycles. The van der Waals surface area contributed by atoms with Gasteiger partial charge in [-0.15, -0.1) is 0 Å². The predicted molar refractivity (Wildman–Crippen MR) is 106 cm³/mol. The highest BCUT2D eigenvalue weighted by Crippen LogP contribution is 2.25. The Kier molecular flexibility index (Phi) is 6.98. The highest BCUT2D eigenvalue weighted by atomic mass is 32.2. The maximum Gasteiger partial charge on any atom is 0.255 e. The van der Waals surface area contributed by atoms with E-state index in [-0.39, 0.29) is 22.4 Å². The van der Waals surface area contributed by atoms with Crippen molar-refractivity contribution < 1.29 is 17.9 Å². The molecular formula is C20H26N2O4S. The quantitative estimate of drug-likeness (QED) is 0.725. The summed E-state index contributed by atoms with van der Waals surface area (Å²) in [5.74, 6) is -0.0533. The van der Waals surface area contributed by atoms with Crippen molar-refractivity contribution in [3.05, 3.63) is 59.2 Å². The summed E-state index contributed by atoms with van der Waals surface area (Å²) < 4.78 is 33.7. The zero-order valence-electron chi connectivity index (χ0n) is 16.1. The number of hydrogen-bond acceptors (Lipinski definition) is 4. The van der Waals surface area contributed by atoms with Crippen LogP contribution in [0.1, 0.15) is 47.8 Å². The van der Waals surface area contributed by atoms with Crippen LogP contribution in [-0.2, 0) is 10.0 Å². The number of rotatable bonds is 8. The number of ether oxygens (including phenoxy) is 1. The molecule has 0 aliphatic heterocycles. The van der Waals surface area contributed by atoms with Crippen LogP contribution < -0.4 is 14.8 Å². The third-order valence-electron chi connectivity index (χ3n) is 4.25. The summed E-state index contributed by atoms with van der Waals surface area (Å²) in [6.45, 7) is 6.12. The lowest BCUT2D eigenvalue weighted by Crippen LogP contribution is -2.29. The molecule has 7 heteroatoms. The molecule has 0 fully saturated rings. The van der Waals surface area contributed by atoms with Crippen molar-refractivity contribution in [1.82, 2.24) is 10.0 Å². The number of aryl methyl sites for hydroxylation is 1. The normalized spacial score (nSPS) is 12.4. The van der Waals surface area contributed by atoms with Crippen molar-refractivity contribution in [2.45, 2.75) is 38.1 Å². The Hall–Kier alpha value is -2.38. The molecule has 2 aromatic rings. The van der Waals surface area contributed by atoms with Crippen LogP contribution in [0.15, 0.2) is 47.4 Å². The molecule has 2 aromatic carbocycles. The van der Waals surface area contributed by atoms with E-state index < -0.39 is 10.0 Å². The second-order valence-electron chi connectivity index (χ2n) is 6.21. The number of benzene rings is 2. The zero-order valence-corrected chi connectivity index (χ0v) is 16.9. The van der Waals surface area contributed by atoms with Crippen LogP contribution in [-0.4, -0.2) is 28.0 Å². The summed E-state index contributed by atoms with van der Waals surface area (Å²) in [5.41, 5.74) is 2.19. The largest absolute Gasteiger partial charge is 0.496 e. The van der Waals surface area contributed by atoms with Crippen LogP contribution >= 0.6 is 0 Å². The van der Waals surface area contributed by atoms with Crippen molar-refractivity contribution in [3.8, 4) is 5.75 Å². The predicted octanol–water partition coefficient (Wildman–Crippen LogP) is 3.18. The van der Waals surface area contributed by atoms with E-state index in [0.717, 1.165) is 11.1 Å². The molecule has 27 heavy (non-hydrogen) atoms. The molecule has 2 N–H and O–H groups in total. The van der Waals surface area contributed by atoms with Crippen molar-refractivity contribution in [2.24, 2.45) is 0 Å². The molecule has 146 valence electrons. The zero-order chi connectivity index (χ0) is 20.0. The van der Waals surface area contributed by atoms with Gasteiger partial charge in [0.25, 0.3) is 5.91 Å². The lowest BCUT2D eigenvalue weighted by Gasteiger charge is -2.18. The summed E-state index contributed by atoms with van der Waals surface area (Å²) in [4.78, 5) is 12.3. The van der Waals surface area contributed by atoms with Gasteiger partial charge < -0.3 is 10.1 Å². The van der Waals surface area contributed by atoms with Gasteiger partial charge in [-0.3, -0.25) is 4.79 Å². The minimum Gasteiger partial charge on any atom is -0.496 e. The topological polar surface area (TPSA) is 84.5 Å². The Bertz CT molecular complexity index is 893. The molecule has 6 nitrogen and oxygen atoms in total. The van der Waals surface area contributed by atoms with Crippen LogP contribution in [0, 0.1) is 6.92 Å². The summed E-state index contributed by atoms with van der Waals surface area (Å²) in [7, 11) is -2.37. The summed E-state index contributed by atoms with van der Waals surface area (Å²) in [6, 6.07) is 11.6. The van der Waals surface area contributed by atoms with Crippen molar-refractivity contribution in [3.63, 3.8) is 0 Å². The molecule has 2 rings (SSSR count). The second kappa shape index (κ2) is 9.01. The SMILES string of the molecule is CCNC(=O)c1cc(S(=O)(=O)N[C@@H](CC)c2ccc(C)cc2)ccc1OC. The lowest BCUT2D eigenvalue weighted by atomic mass is 10.0. The van der Waals surface area contributed by atoms with Crippen molar-refractivity contribution in [2.75, 3.05) is 13.7 Å². The Morgan fingerprint density at radius 3 is 2.33 bits per heavy atom. The molecule has 1 atom stereocenters. The van der Waals surface area contributed by atoms with Gasteiger partial charge in [-0.1, -0.05) is 36.8 Å². The first-order valence-electron chi connectivity index (χ1n) is 8.87. The summed E-state index contributed by atoms with van der Waals surface area (Å²) >= 11 is 0. The summed E-state index contributed by atoms with van der Waals surface area (Å²) in [6.07, 6.45) is 0.599. The third kappa shape index (κ3) is 5.08. The van der Waals surface area contributed by atoms with Gasteiger partial charge in [-0.25, -0.2) is 13.1 Å². The smallest absolute Gasteiger partial charge is 0.255 e. The number of carbonyl (C=O) groups excluding carboxylic acids is 1. The first-order chi connectivity index (χ1) is 12.8. The first kappa shape index (κ1) is 20.9. The van der Waals surface area contributed by atoms with Gasteiger partial charge in [0.05, 0.1) is 17.6 Å². The fraction of sp³-hybridized carbons (Fsp3) is 0.350. The monoisotopic (exact) mass is 390 g/mol. The van der Waals surface area contributed by atoms with Crippen LogP contribution in [0.2, 0.25) is 0 Å². The molecule has 0 unspecified atom stereocenters. The van der Waals surface area contributed by atoms with Gasteiger partial charge in [-0.2, -0.15) is 0 Å². The molecule has 0 radical (unpaired) electrons. The van der Waals surface area contributed by atoms with Gasteiger partial charge >= 0.3 is 0 Å². The Morgan fingerprint density at radius 1 is 1.11 bits per heavy atom. The van der Waals surface area contributed by atoms with E-state index in [1.54, 1.807) is 6.92 Å². The number of carbonyl (C=O) groups is 1. The van der Waals surface area contributed by atoms with E-state index >= 15 is 0 Å². The number of sulfonamides is 1. The van der Waals surface area contributed by atoms with Gasteiger partial charge in [0, 0.05) is 12.6 Å². The van der Waals surface area contributed by atoms with Gasteiger partial charge in [0.1, 0.15) is 5.75 Å². The average molecular weight is 391 g/mol. The molecule has 0 saturated heterocycles. The minimum atomic E-state index is -3.81. The Morgan fingerprint density at radius 2 is 1.78 bits per heavy atom. The molecule has 1 amide bonds. The van der Waals surface area contributed by atoms with E-state index in [1.807, 2.05) is 38.1 Å². The molecule has 0 spiro atoms. The Labute approximate surface area is 161 Å². The van der Waals surface area contributed by atoms with Gasteiger partial charge in [0.2, 0.25) is 10.0 Å². The molecule has 0 bridgehead atoms. The van der Waals surface area contributed by atoms with Crippen LogP contribution in [0.3, 0.4) is 0 Å². The lowest BCUT2D eigenvalue weighted by molar-refractivity contribution is 0.0952. The molecular weight excluding hydrogens is 364 g/mol. The van der Waals surface area contributed by atoms with E-state index in [2.05, 4.69) is 10.0 Å². The second-order valence-corrected chi connectivity index (χ2v) is 7.93. The molecule has 0 aliphatic carbocycles. The van der Waals surface area contributed by atoms with Gasteiger partial charge in [0.15, 0.2) is 0 Å².